The Morgan fingerprint density at radius 2 is 1.46 bits per heavy atom. The Hall–Kier alpha value is -3.40. The second-order valence-corrected chi connectivity index (χ2v) is 14.3. The number of carbonyl (C=O) groups excluding carboxylic acids is 2. The quantitative estimate of drug-likeness (QED) is 0.149. The zero-order chi connectivity index (χ0) is 32.7. The highest BCUT2D eigenvalue weighted by Gasteiger charge is 2.31. The smallest absolute Gasteiger partial charge is 0.243 e. The van der Waals surface area contributed by atoms with Crippen LogP contribution in [0.2, 0.25) is 15.1 Å². The van der Waals surface area contributed by atoms with Gasteiger partial charge in [0.1, 0.15) is 6.04 Å². The fourth-order valence-electron chi connectivity index (χ4n) is 5.02. The molecule has 0 aliphatic heterocycles. The van der Waals surface area contributed by atoms with Crippen molar-refractivity contribution < 1.29 is 18.0 Å². The van der Waals surface area contributed by atoms with Crippen LogP contribution in [-0.4, -0.2) is 37.2 Å². The van der Waals surface area contributed by atoms with E-state index in [0.29, 0.717) is 33.5 Å². The lowest BCUT2D eigenvalue weighted by Gasteiger charge is -2.32. The van der Waals surface area contributed by atoms with Gasteiger partial charge in [-0.05, 0) is 77.9 Å². The SMILES string of the molecule is O=C(NCc1ccc(Cl)cc1Cl)C(Cc1ccccc1)N(Cc1ccc(Cl)cc1)C(=O)CCc1ccc(S(=O)(=O)NC2CC2)cc1. The molecule has 5 rings (SSSR count). The van der Waals surface area contributed by atoms with E-state index in [1.54, 1.807) is 59.5 Å². The summed E-state index contributed by atoms with van der Waals surface area (Å²) < 4.78 is 27.8. The minimum absolute atomic E-state index is 0.0122. The normalized spacial score (nSPS) is 13.6. The molecule has 0 aromatic heterocycles. The number of sulfonamides is 1. The number of halogens is 3. The van der Waals surface area contributed by atoms with Gasteiger partial charge in [-0.3, -0.25) is 9.59 Å². The molecule has 240 valence electrons. The maximum Gasteiger partial charge on any atom is 0.243 e. The number of nitrogens with zero attached hydrogens (tertiary/aromatic N) is 1. The van der Waals surface area contributed by atoms with Crippen molar-refractivity contribution in [2.75, 3.05) is 0 Å². The summed E-state index contributed by atoms with van der Waals surface area (Å²) in [5.74, 6) is -0.544. The molecule has 0 spiro atoms. The fraction of sp³-hybridized carbons (Fsp3) is 0.257. The maximum atomic E-state index is 14.0. The summed E-state index contributed by atoms with van der Waals surface area (Å²) in [5, 5.41) is 4.47. The Labute approximate surface area is 284 Å². The average molecular weight is 699 g/mol. The minimum atomic E-state index is -3.57. The zero-order valence-electron chi connectivity index (χ0n) is 25.0. The van der Waals surface area contributed by atoms with Crippen molar-refractivity contribution in [3.05, 3.63) is 134 Å². The van der Waals surface area contributed by atoms with E-state index in [1.165, 1.54) is 0 Å². The highest BCUT2D eigenvalue weighted by atomic mass is 35.5. The Morgan fingerprint density at radius 3 is 2.11 bits per heavy atom. The molecule has 4 aromatic carbocycles. The van der Waals surface area contributed by atoms with Crippen LogP contribution in [-0.2, 0) is 45.5 Å². The predicted octanol–water partition coefficient (Wildman–Crippen LogP) is 6.98. The van der Waals surface area contributed by atoms with Crippen LogP contribution in [0, 0.1) is 0 Å². The topological polar surface area (TPSA) is 95.6 Å². The molecule has 0 bridgehead atoms. The Kier molecular flexibility index (Phi) is 11.4. The van der Waals surface area contributed by atoms with Crippen LogP contribution in [0.25, 0.3) is 0 Å². The van der Waals surface area contributed by atoms with Gasteiger partial charge in [0.05, 0.1) is 4.90 Å². The van der Waals surface area contributed by atoms with Gasteiger partial charge in [-0.1, -0.05) is 95.5 Å². The first-order valence-electron chi connectivity index (χ1n) is 15.0. The van der Waals surface area contributed by atoms with E-state index >= 15 is 0 Å². The van der Waals surface area contributed by atoms with Gasteiger partial charge in [0.15, 0.2) is 0 Å². The van der Waals surface area contributed by atoms with E-state index in [0.717, 1.165) is 29.5 Å². The van der Waals surface area contributed by atoms with Gasteiger partial charge in [-0.2, -0.15) is 0 Å². The van der Waals surface area contributed by atoms with E-state index in [4.69, 9.17) is 34.8 Å². The molecule has 2 N–H and O–H groups in total. The predicted molar refractivity (Wildman–Crippen MR) is 182 cm³/mol. The van der Waals surface area contributed by atoms with Gasteiger partial charge in [0, 0.05) is 47.0 Å². The summed E-state index contributed by atoms with van der Waals surface area (Å²) in [5.41, 5.74) is 3.23. The first-order chi connectivity index (χ1) is 22.1. The average Bonchev–Trinajstić information content (AvgIpc) is 3.86. The van der Waals surface area contributed by atoms with Crippen LogP contribution >= 0.6 is 34.8 Å². The third-order valence-corrected chi connectivity index (χ3v) is 10.1. The van der Waals surface area contributed by atoms with Crippen molar-refractivity contribution in [3.63, 3.8) is 0 Å². The molecule has 1 aliphatic rings. The molecule has 1 fully saturated rings. The summed E-state index contributed by atoms with van der Waals surface area (Å²) in [4.78, 5) is 29.7. The van der Waals surface area contributed by atoms with Crippen molar-refractivity contribution >= 4 is 56.6 Å². The van der Waals surface area contributed by atoms with Gasteiger partial charge in [-0.25, -0.2) is 13.1 Å². The Bertz CT molecular complexity index is 1770. The summed E-state index contributed by atoms with van der Waals surface area (Å²) in [7, 11) is -3.57. The molecule has 1 aliphatic carbocycles. The molecule has 7 nitrogen and oxygen atoms in total. The number of amides is 2. The summed E-state index contributed by atoms with van der Waals surface area (Å²) in [6.07, 6.45) is 2.48. The number of hydrogen-bond donors (Lipinski definition) is 2. The lowest BCUT2D eigenvalue weighted by Crippen LogP contribution is -2.50. The van der Waals surface area contributed by atoms with E-state index < -0.39 is 16.1 Å². The highest BCUT2D eigenvalue weighted by Crippen LogP contribution is 2.24. The fourth-order valence-corrected chi connectivity index (χ4v) is 6.93. The number of hydrogen-bond acceptors (Lipinski definition) is 4. The highest BCUT2D eigenvalue weighted by molar-refractivity contribution is 7.89. The number of benzene rings is 4. The van der Waals surface area contributed by atoms with Crippen LogP contribution in [0.3, 0.4) is 0 Å². The van der Waals surface area contributed by atoms with E-state index in [1.807, 2.05) is 42.5 Å². The van der Waals surface area contributed by atoms with Crippen molar-refractivity contribution in [1.82, 2.24) is 14.9 Å². The molecule has 0 heterocycles. The van der Waals surface area contributed by atoms with Gasteiger partial charge in [0.2, 0.25) is 21.8 Å². The van der Waals surface area contributed by atoms with Crippen LogP contribution in [0.5, 0.6) is 0 Å². The summed E-state index contributed by atoms with van der Waals surface area (Å²) >= 11 is 18.6. The molecule has 2 amide bonds. The van der Waals surface area contributed by atoms with Crippen molar-refractivity contribution in [2.24, 2.45) is 0 Å². The van der Waals surface area contributed by atoms with Gasteiger partial charge in [-0.15, -0.1) is 0 Å². The molecule has 0 radical (unpaired) electrons. The maximum absolute atomic E-state index is 14.0. The monoisotopic (exact) mass is 697 g/mol. The lowest BCUT2D eigenvalue weighted by molar-refractivity contribution is -0.141. The Morgan fingerprint density at radius 1 is 0.804 bits per heavy atom. The largest absolute Gasteiger partial charge is 0.350 e. The van der Waals surface area contributed by atoms with Gasteiger partial charge >= 0.3 is 0 Å². The van der Waals surface area contributed by atoms with Crippen molar-refractivity contribution in [3.8, 4) is 0 Å². The minimum Gasteiger partial charge on any atom is -0.350 e. The van der Waals surface area contributed by atoms with E-state index in [9.17, 15) is 18.0 Å². The molecule has 4 aromatic rings. The number of rotatable bonds is 14. The molecular formula is C35H34Cl3N3O4S. The molecule has 1 saturated carbocycles. The van der Waals surface area contributed by atoms with Gasteiger partial charge in [0.25, 0.3) is 0 Å². The van der Waals surface area contributed by atoms with Crippen molar-refractivity contribution in [1.29, 1.82) is 0 Å². The summed E-state index contributed by atoms with van der Waals surface area (Å²) in [6, 6.07) is 27.5. The van der Waals surface area contributed by atoms with Crippen molar-refractivity contribution in [2.45, 2.75) is 62.2 Å². The number of carbonyl (C=O) groups is 2. The van der Waals surface area contributed by atoms with Crippen LogP contribution in [0.1, 0.15) is 41.5 Å². The number of aryl methyl sites for hydroxylation is 1. The van der Waals surface area contributed by atoms with Crippen LogP contribution in [0.15, 0.2) is 102 Å². The second kappa shape index (κ2) is 15.5. The van der Waals surface area contributed by atoms with Gasteiger partial charge < -0.3 is 10.2 Å². The third-order valence-electron chi connectivity index (χ3n) is 7.77. The Balaban J connectivity index is 1.37. The summed E-state index contributed by atoms with van der Waals surface area (Å²) in [6.45, 7) is 0.348. The third kappa shape index (κ3) is 9.56. The first-order valence-corrected chi connectivity index (χ1v) is 17.6. The first kappa shape index (κ1) is 33.9. The molecule has 11 heteroatoms. The molecular weight excluding hydrogens is 665 g/mol. The molecule has 0 saturated heterocycles. The van der Waals surface area contributed by atoms with Crippen LogP contribution < -0.4 is 10.0 Å². The molecule has 46 heavy (non-hydrogen) atoms. The zero-order valence-corrected chi connectivity index (χ0v) is 28.0. The lowest BCUT2D eigenvalue weighted by atomic mass is 10.0. The van der Waals surface area contributed by atoms with E-state index in [2.05, 4.69) is 10.0 Å². The van der Waals surface area contributed by atoms with E-state index in [-0.39, 0.29) is 42.3 Å². The second-order valence-electron chi connectivity index (χ2n) is 11.3. The number of nitrogens with one attached hydrogen (secondary N) is 2. The standard InChI is InChI=1S/C35H34Cl3N3O4S/c36-28-12-6-26(7-13-28)23-41(34(42)19-10-24-8-17-31(18-9-24)46(44,45)40-30-15-16-30)33(20-25-4-2-1-3-5-25)35(43)39-22-27-11-14-29(37)21-32(27)38/h1-9,11-14,17-18,21,30,33,40H,10,15-16,19-20,22-23H2,(H,39,43). The molecule has 1 unspecified atom stereocenters. The van der Waals surface area contributed by atoms with Crippen LogP contribution in [0.4, 0.5) is 0 Å². The molecule has 1 atom stereocenters.